The summed E-state index contributed by atoms with van der Waals surface area (Å²) in [4.78, 5) is 36.0. The van der Waals surface area contributed by atoms with E-state index >= 15 is 0 Å². The zero-order valence-electron chi connectivity index (χ0n) is 13.3. The molecule has 124 valence electrons. The second-order valence-electron chi connectivity index (χ2n) is 6.42. The zero-order valence-corrected chi connectivity index (χ0v) is 13.3. The molecule has 1 atom stereocenters. The van der Waals surface area contributed by atoms with E-state index in [1.165, 1.54) is 4.90 Å². The van der Waals surface area contributed by atoms with Crippen molar-refractivity contribution in [1.82, 2.24) is 0 Å². The molecular formula is C16H20N2O5. The van der Waals surface area contributed by atoms with E-state index in [0.29, 0.717) is 11.4 Å². The predicted molar refractivity (Wildman–Crippen MR) is 84.4 cm³/mol. The van der Waals surface area contributed by atoms with Crippen LogP contribution in [-0.4, -0.2) is 35.2 Å². The van der Waals surface area contributed by atoms with Crippen LogP contribution in [0.3, 0.4) is 0 Å². The van der Waals surface area contributed by atoms with Crippen LogP contribution >= 0.6 is 0 Å². The van der Waals surface area contributed by atoms with Crippen LogP contribution in [0.4, 0.5) is 16.2 Å². The number of amides is 2. The van der Waals surface area contributed by atoms with Crippen LogP contribution in [0.1, 0.15) is 27.2 Å². The second kappa shape index (κ2) is 6.28. The molecular weight excluding hydrogens is 300 g/mol. The van der Waals surface area contributed by atoms with E-state index in [1.807, 2.05) is 0 Å². The number of anilines is 2. The van der Waals surface area contributed by atoms with Gasteiger partial charge >= 0.3 is 12.1 Å². The fourth-order valence-corrected chi connectivity index (χ4v) is 2.27. The predicted octanol–water partition coefficient (Wildman–Crippen LogP) is 2.47. The molecule has 0 aromatic heterocycles. The molecule has 7 heteroatoms. The van der Waals surface area contributed by atoms with Gasteiger partial charge in [0.05, 0.1) is 5.92 Å². The minimum Gasteiger partial charge on any atom is -0.481 e. The van der Waals surface area contributed by atoms with Crippen LogP contribution in [0, 0.1) is 5.92 Å². The van der Waals surface area contributed by atoms with Crippen molar-refractivity contribution in [2.45, 2.75) is 32.8 Å². The molecule has 1 aliphatic rings. The lowest BCUT2D eigenvalue weighted by atomic mass is 10.1. The number of carbonyl (C=O) groups excluding carboxylic acids is 2. The van der Waals surface area contributed by atoms with E-state index in [-0.39, 0.29) is 18.9 Å². The monoisotopic (exact) mass is 320 g/mol. The van der Waals surface area contributed by atoms with Gasteiger partial charge in [-0.15, -0.1) is 0 Å². The fourth-order valence-electron chi connectivity index (χ4n) is 2.27. The summed E-state index contributed by atoms with van der Waals surface area (Å²) in [5.74, 6) is -1.86. The zero-order chi connectivity index (χ0) is 17.2. The first kappa shape index (κ1) is 16.8. The fraction of sp³-hybridized carbons (Fsp3) is 0.438. The van der Waals surface area contributed by atoms with Gasteiger partial charge in [-0.25, -0.2) is 4.79 Å². The Hall–Kier alpha value is -2.57. The van der Waals surface area contributed by atoms with Crippen molar-refractivity contribution >= 4 is 29.3 Å². The number of nitrogens with zero attached hydrogens (tertiary/aromatic N) is 1. The summed E-state index contributed by atoms with van der Waals surface area (Å²) < 4.78 is 5.15. The van der Waals surface area contributed by atoms with Crippen LogP contribution in [0.5, 0.6) is 0 Å². The lowest BCUT2D eigenvalue weighted by Crippen LogP contribution is -2.27. The van der Waals surface area contributed by atoms with E-state index in [1.54, 1.807) is 45.0 Å². The maximum absolute atomic E-state index is 11.9. The minimum absolute atomic E-state index is 0.00719. The van der Waals surface area contributed by atoms with Gasteiger partial charge in [0, 0.05) is 24.3 Å². The van der Waals surface area contributed by atoms with Gasteiger partial charge < -0.3 is 14.7 Å². The van der Waals surface area contributed by atoms with Crippen molar-refractivity contribution in [1.29, 1.82) is 0 Å². The molecule has 23 heavy (non-hydrogen) atoms. The number of nitrogens with one attached hydrogen (secondary N) is 1. The second-order valence-corrected chi connectivity index (χ2v) is 6.42. The average Bonchev–Trinajstić information content (AvgIpc) is 2.80. The van der Waals surface area contributed by atoms with Crippen LogP contribution in [0.15, 0.2) is 24.3 Å². The van der Waals surface area contributed by atoms with Crippen molar-refractivity contribution in [3.05, 3.63) is 24.3 Å². The highest BCUT2D eigenvalue weighted by molar-refractivity contribution is 5.99. The highest BCUT2D eigenvalue weighted by Gasteiger charge is 2.34. The molecule has 2 amide bonds. The summed E-state index contributed by atoms with van der Waals surface area (Å²) in [6, 6.07) is 6.60. The van der Waals surface area contributed by atoms with E-state index in [2.05, 4.69) is 5.32 Å². The molecule has 0 spiro atoms. The summed E-state index contributed by atoms with van der Waals surface area (Å²) in [5.41, 5.74) is 0.551. The lowest BCUT2D eigenvalue weighted by Gasteiger charge is -2.20. The molecule has 2 rings (SSSR count). The highest BCUT2D eigenvalue weighted by Crippen LogP contribution is 2.26. The van der Waals surface area contributed by atoms with Crippen LogP contribution in [0.25, 0.3) is 0 Å². The van der Waals surface area contributed by atoms with Crippen LogP contribution in [-0.2, 0) is 14.3 Å². The molecule has 1 saturated heterocycles. The third-order valence-electron chi connectivity index (χ3n) is 3.30. The van der Waals surface area contributed by atoms with Gasteiger partial charge in [0.1, 0.15) is 5.60 Å². The number of rotatable bonds is 3. The van der Waals surface area contributed by atoms with Gasteiger partial charge in [-0.05, 0) is 45.0 Å². The molecule has 0 aliphatic carbocycles. The third-order valence-corrected chi connectivity index (χ3v) is 3.30. The Kier molecular flexibility index (Phi) is 4.58. The molecule has 1 aromatic rings. The maximum Gasteiger partial charge on any atom is 0.412 e. The topological polar surface area (TPSA) is 95.9 Å². The van der Waals surface area contributed by atoms with Gasteiger partial charge in [-0.1, -0.05) is 0 Å². The molecule has 1 unspecified atom stereocenters. The quantitative estimate of drug-likeness (QED) is 0.892. The highest BCUT2D eigenvalue weighted by atomic mass is 16.6. The van der Waals surface area contributed by atoms with Gasteiger partial charge in [-0.3, -0.25) is 14.9 Å². The molecule has 1 aliphatic heterocycles. The van der Waals surface area contributed by atoms with Crippen molar-refractivity contribution in [3.8, 4) is 0 Å². The van der Waals surface area contributed by atoms with Crippen molar-refractivity contribution in [3.63, 3.8) is 0 Å². The standard InChI is InChI=1S/C16H20N2O5/c1-16(2,3)23-15(22)17-11-4-6-12(7-5-11)18-9-10(14(20)21)8-13(18)19/h4-7,10H,8-9H2,1-3H3,(H,17,22)(H,20,21). The summed E-state index contributed by atoms with van der Waals surface area (Å²) in [6.07, 6.45) is -0.554. The first-order valence-corrected chi connectivity index (χ1v) is 7.29. The normalized spacial score (nSPS) is 18.0. The number of aliphatic carboxylic acids is 1. The molecule has 1 fully saturated rings. The molecule has 1 aromatic carbocycles. The van der Waals surface area contributed by atoms with Gasteiger partial charge in [0.15, 0.2) is 0 Å². The summed E-state index contributed by atoms with van der Waals surface area (Å²) in [7, 11) is 0. The summed E-state index contributed by atoms with van der Waals surface area (Å²) >= 11 is 0. The number of carboxylic acids is 1. The Balaban J connectivity index is 2.01. The minimum atomic E-state index is -0.968. The molecule has 0 bridgehead atoms. The first-order valence-electron chi connectivity index (χ1n) is 7.29. The number of benzene rings is 1. The Bertz CT molecular complexity index is 618. The molecule has 0 radical (unpaired) electrons. The largest absolute Gasteiger partial charge is 0.481 e. The van der Waals surface area contributed by atoms with E-state index in [4.69, 9.17) is 9.84 Å². The number of carboxylic acid groups (broad SMARTS) is 1. The smallest absolute Gasteiger partial charge is 0.412 e. The van der Waals surface area contributed by atoms with Gasteiger partial charge in [0.2, 0.25) is 5.91 Å². The Morgan fingerprint density at radius 3 is 2.35 bits per heavy atom. The number of hydrogen-bond acceptors (Lipinski definition) is 4. The summed E-state index contributed by atoms with van der Waals surface area (Å²) in [6.45, 7) is 5.47. The Labute approximate surface area is 134 Å². The summed E-state index contributed by atoms with van der Waals surface area (Å²) in [5, 5.41) is 11.6. The van der Waals surface area contributed by atoms with E-state index in [0.717, 1.165) is 0 Å². The Morgan fingerprint density at radius 1 is 1.26 bits per heavy atom. The molecule has 2 N–H and O–H groups in total. The van der Waals surface area contributed by atoms with E-state index in [9.17, 15) is 14.4 Å². The van der Waals surface area contributed by atoms with Gasteiger partial charge in [-0.2, -0.15) is 0 Å². The maximum atomic E-state index is 11.9. The van der Waals surface area contributed by atoms with Crippen molar-refractivity contribution in [2.24, 2.45) is 5.92 Å². The molecule has 1 heterocycles. The van der Waals surface area contributed by atoms with E-state index < -0.39 is 23.6 Å². The first-order chi connectivity index (χ1) is 10.7. The number of carbonyl (C=O) groups is 3. The number of hydrogen-bond donors (Lipinski definition) is 2. The third kappa shape index (κ3) is 4.45. The van der Waals surface area contributed by atoms with Crippen LogP contribution in [0.2, 0.25) is 0 Å². The average molecular weight is 320 g/mol. The van der Waals surface area contributed by atoms with Crippen molar-refractivity contribution in [2.75, 3.05) is 16.8 Å². The molecule has 0 saturated carbocycles. The molecule has 7 nitrogen and oxygen atoms in total. The SMILES string of the molecule is CC(C)(C)OC(=O)Nc1ccc(N2CC(C(=O)O)CC2=O)cc1. The van der Waals surface area contributed by atoms with Crippen LogP contribution < -0.4 is 10.2 Å². The Morgan fingerprint density at radius 2 is 1.87 bits per heavy atom. The van der Waals surface area contributed by atoms with Gasteiger partial charge in [0.25, 0.3) is 0 Å². The van der Waals surface area contributed by atoms with Crippen molar-refractivity contribution < 1.29 is 24.2 Å². The lowest BCUT2D eigenvalue weighted by molar-refractivity contribution is -0.141. The number of ether oxygens (including phenoxy) is 1.